The molecule has 2 heterocycles. The lowest BCUT2D eigenvalue weighted by atomic mass is 9.90. The normalized spacial score (nSPS) is 11.8. The number of nitrogens with zero attached hydrogens (tertiary/aromatic N) is 3. The minimum absolute atomic E-state index is 0.657. The molecule has 11 aromatic rings. The van der Waals surface area contributed by atoms with Gasteiger partial charge in [0.05, 0.1) is 0 Å². The summed E-state index contributed by atoms with van der Waals surface area (Å²) >= 11 is 1.90. The maximum absolute atomic E-state index is 5.06. The van der Waals surface area contributed by atoms with Gasteiger partial charge in [-0.15, -0.1) is 11.3 Å². The van der Waals surface area contributed by atoms with Crippen LogP contribution < -0.4 is 0 Å². The molecule has 9 aromatic carbocycles. The Hall–Kier alpha value is -6.75. The molecular formula is C49H29N3S. The van der Waals surface area contributed by atoms with Crippen LogP contribution in [0, 0.1) is 0 Å². The molecule has 53 heavy (non-hydrogen) atoms. The minimum Gasteiger partial charge on any atom is -0.208 e. The van der Waals surface area contributed by atoms with E-state index in [9.17, 15) is 0 Å². The number of hydrogen-bond donors (Lipinski definition) is 0. The van der Waals surface area contributed by atoms with Gasteiger partial charge in [0.15, 0.2) is 17.5 Å². The van der Waals surface area contributed by atoms with E-state index in [1.54, 1.807) is 0 Å². The van der Waals surface area contributed by atoms with Crippen molar-refractivity contribution in [1.82, 2.24) is 15.0 Å². The summed E-state index contributed by atoms with van der Waals surface area (Å²) in [4.78, 5) is 15.0. The molecular weight excluding hydrogens is 663 g/mol. The molecule has 0 atom stereocenters. The molecule has 0 aliphatic heterocycles. The summed E-state index contributed by atoms with van der Waals surface area (Å²) in [5.41, 5.74) is 5.25. The number of fused-ring (bicyclic) bond motifs is 11. The molecule has 0 unspecified atom stereocenters. The first-order valence-corrected chi connectivity index (χ1v) is 18.7. The second-order valence-corrected chi connectivity index (χ2v) is 14.6. The average Bonchev–Trinajstić information content (AvgIpc) is 3.64. The molecule has 0 saturated heterocycles. The molecule has 4 heteroatoms. The van der Waals surface area contributed by atoms with Gasteiger partial charge in [0.1, 0.15) is 0 Å². The van der Waals surface area contributed by atoms with Crippen LogP contribution in [0.25, 0.3) is 109 Å². The quantitative estimate of drug-likeness (QED) is 0.172. The van der Waals surface area contributed by atoms with Crippen molar-refractivity contribution < 1.29 is 0 Å². The van der Waals surface area contributed by atoms with Gasteiger partial charge in [-0.1, -0.05) is 158 Å². The number of hydrogen-bond acceptors (Lipinski definition) is 4. The first kappa shape index (κ1) is 29.9. The zero-order chi connectivity index (χ0) is 34.9. The molecule has 0 aliphatic carbocycles. The van der Waals surface area contributed by atoms with E-state index in [4.69, 9.17) is 15.0 Å². The summed E-state index contributed by atoms with van der Waals surface area (Å²) in [6.45, 7) is 0. The van der Waals surface area contributed by atoms with Crippen LogP contribution in [0.2, 0.25) is 0 Å². The second kappa shape index (κ2) is 11.9. The molecule has 0 N–H and O–H groups in total. The van der Waals surface area contributed by atoms with E-state index in [-0.39, 0.29) is 0 Å². The monoisotopic (exact) mass is 691 g/mol. The highest BCUT2D eigenvalue weighted by Gasteiger charge is 2.18. The van der Waals surface area contributed by atoms with Gasteiger partial charge in [0.2, 0.25) is 0 Å². The van der Waals surface area contributed by atoms with Crippen LogP contribution in [0.1, 0.15) is 0 Å². The lowest BCUT2D eigenvalue weighted by Crippen LogP contribution is -2.00. The molecule has 3 nitrogen and oxygen atoms in total. The molecule has 2 aromatic heterocycles. The van der Waals surface area contributed by atoms with Crippen LogP contribution in [0.15, 0.2) is 176 Å². The van der Waals surface area contributed by atoms with Crippen molar-refractivity contribution in [1.29, 1.82) is 0 Å². The Morgan fingerprint density at radius 2 is 0.868 bits per heavy atom. The summed E-state index contributed by atoms with van der Waals surface area (Å²) in [6, 6.07) is 62.6. The average molecular weight is 692 g/mol. The highest BCUT2D eigenvalue weighted by atomic mass is 32.1. The van der Waals surface area contributed by atoms with Crippen LogP contribution in [0.3, 0.4) is 0 Å². The molecule has 0 spiro atoms. The molecule has 0 amide bonds. The summed E-state index contributed by atoms with van der Waals surface area (Å²) in [5, 5.41) is 12.7. The van der Waals surface area contributed by atoms with Gasteiger partial charge in [-0.25, -0.2) is 15.0 Å². The van der Waals surface area contributed by atoms with Crippen LogP contribution >= 0.6 is 11.3 Å². The Morgan fingerprint density at radius 1 is 0.321 bits per heavy atom. The van der Waals surface area contributed by atoms with Gasteiger partial charge >= 0.3 is 0 Å². The Kier molecular flexibility index (Phi) is 6.73. The van der Waals surface area contributed by atoms with Gasteiger partial charge in [-0.05, 0) is 67.0 Å². The first-order chi connectivity index (χ1) is 26.3. The SMILES string of the molecule is c1ccc(-c2nc(-c3ccccc3)nc(-c3ccc(-c4ccc5c(ccc6c5c5ccccc5c5sc7ccccc7c65)c4)c4ccccc34)n2)cc1. The standard InChI is InChI=1S/C49H29N3S/c1-3-13-30(14-4-1)47-50-48(31-15-5-2-6-16-31)52-49(51-47)40-28-27-34(36-17-7-8-18-37(36)40)32-23-25-35-33(29-32)24-26-42-44(35)38-19-9-10-20-39(38)46-45(42)41-21-11-12-22-43(41)53-46/h1-29H. The summed E-state index contributed by atoms with van der Waals surface area (Å²) in [6.07, 6.45) is 0. The molecule has 0 bridgehead atoms. The Morgan fingerprint density at radius 3 is 1.58 bits per heavy atom. The fraction of sp³-hybridized carbons (Fsp3) is 0. The number of benzene rings is 9. The van der Waals surface area contributed by atoms with E-state index < -0.39 is 0 Å². The maximum Gasteiger partial charge on any atom is 0.164 e. The Balaban J connectivity index is 1.11. The van der Waals surface area contributed by atoms with Gasteiger partial charge < -0.3 is 0 Å². The van der Waals surface area contributed by atoms with Crippen molar-refractivity contribution in [3.05, 3.63) is 176 Å². The zero-order valence-electron chi connectivity index (χ0n) is 28.5. The van der Waals surface area contributed by atoms with Crippen molar-refractivity contribution in [3.8, 4) is 45.3 Å². The minimum atomic E-state index is 0.657. The highest BCUT2D eigenvalue weighted by Crippen LogP contribution is 2.46. The molecule has 11 rings (SSSR count). The molecule has 0 aliphatic rings. The van der Waals surface area contributed by atoms with Gasteiger partial charge in [0, 0.05) is 42.2 Å². The second-order valence-electron chi connectivity index (χ2n) is 13.5. The Bertz CT molecular complexity index is 3160. The number of aromatic nitrogens is 3. The van der Waals surface area contributed by atoms with E-state index in [0.717, 1.165) is 27.5 Å². The molecule has 246 valence electrons. The van der Waals surface area contributed by atoms with Crippen molar-refractivity contribution in [2.45, 2.75) is 0 Å². The smallest absolute Gasteiger partial charge is 0.164 e. The van der Waals surface area contributed by atoms with Gasteiger partial charge in [-0.2, -0.15) is 0 Å². The van der Waals surface area contributed by atoms with E-state index in [1.807, 2.05) is 72.0 Å². The third kappa shape index (κ3) is 4.77. The van der Waals surface area contributed by atoms with Crippen LogP contribution in [-0.2, 0) is 0 Å². The zero-order valence-corrected chi connectivity index (χ0v) is 29.3. The van der Waals surface area contributed by atoms with Crippen molar-refractivity contribution >= 4 is 74.6 Å². The van der Waals surface area contributed by atoms with Crippen LogP contribution in [0.4, 0.5) is 0 Å². The summed E-state index contributed by atoms with van der Waals surface area (Å²) in [5.74, 6) is 1.97. The summed E-state index contributed by atoms with van der Waals surface area (Å²) < 4.78 is 2.69. The van der Waals surface area contributed by atoms with E-state index in [0.29, 0.717) is 17.5 Å². The lowest BCUT2D eigenvalue weighted by Gasteiger charge is -2.14. The fourth-order valence-electron chi connectivity index (χ4n) is 8.07. The fourth-order valence-corrected chi connectivity index (χ4v) is 9.33. The van der Waals surface area contributed by atoms with E-state index in [1.165, 1.54) is 63.6 Å². The maximum atomic E-state index is 5.06. The topological polar surface area (TPSA) is 38.7 Å². The lowest BCUT2D eigenvalue weighted by molar-refractivity contribution is 1.08. The number of rotatable bonds is 4. The number of thiophene rings is 1. The van der Waals surface area contributed by atoms with Crippen molar-refractivity contribution in [2.75, 3.05) is 0 Å². The summed E-state index contributed by atoms with van der Waals surface area (Å²) in [7, 11) is 0. The van der Waals surface area contributed by atoms with Crippen LogP contribution in [-0.4, -0.2) is 15.0 Å². The molecule has 0 fully saturated rings. The first-order valence-electron chi connectivity index (χ1n) is 17.9. The van der Waals surface area contributed by atoms with E-state index in [2.05, 4.69) is 115 Å². The van der Waals surface area contributed by atoms with Gasteiger partial charge in [-0.3, -0.25) is 0 Å². The third-order valence-electron chi connectivity index (χ3n) is 10.5. The van der Waals surface area contributed by atoms with Crippen molar-refractivity contribution in [3.63, 3.8) is 0 Å². The molecule has 0 radical (unpaired) electrons. The van der Waals surface area contributed by atoms with E-state index >= 15 is 0 Å². The predicted molar refractivity (Wildman–Crippen MR) is 224 cm³/mol. The highest BCUT2D eigenvalue weighted by molar-refractivity contribution is 7.27. The largest absolute Gasteiger partial charge is 0.208 e. The van der Waals surface area contributed by atoms with Crippen LogP contribution in [0.5, 0.6) is 0 Å². The predicted octanol–water partition coefficient (Wildman–Crippen LogP) is 13.5. The van der Waals surface area contributed by atoms with Gasteiger partial charge in [0.25, 0.3) is 0 Å². The van der Waals surface area contributed by atoms with Crippen molar-refractivity contribution in [2.24, 2.45) is 0 Å². The third-order valence-corrected chi connectivity index (χ3v) is 11.7. The Labute approximate surface area is 309 Å². The molecule has 0 saturated carbocycles.